The van der Waals surface area contributed by atoms with Gasteiger partial charge < -0.3 is 20.4 Å². The molecule has 3 heterocycles. The van der Waals surface area contributed by atoms with Gasteiger partial charge in [-0.25, -0.2) is 18.2 Å². The molecule has 5 aromatic rings. The number of nitrogens with one attached hydrogen (secondary N) is 1. The van der Waals surface area contributed by atoms with Gasteiger partial charge in [0.2, 0.25) is 5.91 Å². The van der Waals surface area contributed by atoms with Crippen LogP contribution >= 0.6 is 0 Å². The lowest BCUT2D eigenvalue weighted by molar-refractivity contribution is -0.116. The number of piperidine rings is 1. The number of hydrogen-bond acceptors (Lipinski definition) is 5. The molecule has 0 unspecified atom stereocenters. The van der Waals surface area contributed by atoms with E-state index in [0.717, 1.165) is 33.4 Å². The molecule has 0 bridgehead atoms. The van der Waals surface area contributed by atoms with Gasteiger partial charge in [-0.1, -0.05) is 30.3 Å². The molecule has 1 aliphatic heterocycles. The minimum absolute atomic E-state index is 0.0242. The van der Waals surface area contributed by atoms with E-state index in [0.29, 0.717) is 22.9 Å². The zero-order valence-corrected chi connectivity index (χ0v) is 25.3. The van der Waals surface area contributed by atoms with Gasteiger partial charge in [0.25, 0.3) is 11.8 Å². The molecule has 3 N–H and O–H groups in total. The number of carbonyl (C=O) groups excluding carboxylic acids is 2. The molecular weight excluding hydrogens is 605 g/mol. The van der Waals surface area contributed by atoms with E-state index in [1.165, 1.54) is 23.1 Å². The van der Waals surface area contributed by atoms with E-state index < -0.39 is 5.92 Å². The molecular formula is C37H31F3N4O3. The average molecular weight is 637 g/mol. The number of nitrogens with two attached hydrogens (primary N) is 1. The van der Waals surface area contributed by atoms with Gasteiger partial charge in [-0.05, 0) is 94.6 Å². The van der Waals surface area contributed by atoms with Crippen LogP contribution in [0.4, 0.5) is 19.0 Å². The number of nitrogens with zero attached hydrogens (tertiary/aromatic N) is 2. The molecule has 1 saturated heterocycles. The van der Waals surface area contributed by atoms with Crippen LogP contribution in [-0.4, -0.2) is 40.7 Å². The van der Waals surface area contributed by atoms with Crippen LogP contribution in [0.5, 0.6) is 0 Å². The van der Waals surface area contributed by atoms with Crippen molar-refractivity contribution in [1.82, 2.24) is 15.2 Å². The predicted molar refractivity (Wildman–Crippen MR) is 175 cm³/mol. The highest BCUT2D eigenvalue weighted by Gasteiger charge is 2.35. The van der Waals surface area contributed by atoms with E-state index in [1.54, 1.807) is 54.7 Å². The maximum absolute atomic E-state index is 13.8. The number of nitrogen functional groups attached to an aromatic ring is 1. The van der Waals surface area contributed by atoms with E-state index in [1.807, 2.05) is 36.4 Å². The number of anilines is 1. The molecule has 0 aliphatic carbocycles. The standard InChI is InChI=1S/C37H31F3N4O3/c38-29-10-7-26(8-11-29)32-21-28(25-3-5-27(6-4-25)36(46)44-19-17-37(39,40)18-20-44)9-13-31(32)33-14-12-30(47-33)23-43-35(45)16-2-24-1-15-34(41)42-22-24/h1-16,21-22H,17-20,23H2,(H2,41,42)(H,43,45)/b16-2+. The zero-order chi connectivity index (χ0) is 33.0. The Labute approximate surface area is 269 Å². The van der Waals surface area contributed by atoms with Gasteiger partial charge in [-0.15, -0.1) is 0 Å². The van der Waals surface area contributed by atoms with Crippen LogP contribution in [0, 0.1) is 5.82 Å². The lowest BCUT2D eigenvalue weighted by Gasteiger charge is -2.31. The normalized spacial score (nSPS) is 14.3. The second-order valence-corrected chi connectivity index (χ2v) is 11.3. The lowest BCUT2D eigenvalue weighted by Crippen LogP contribution is -2.42. The molecule has 6 rings (SSSR count). The van der Waals surface area contributed by atoms with Crippen molar-refractivity contribution in [2.24, 2.45) is 0 Å². The van der Waals surface area contributed by atoms with Crippen molar-refractivity contribution in [1.29, 1.82) is 0 Å². The van der Waals surface area contributed by atoms with Crippen molar-refractivity contribution in [3.05, 3.63) is 126 Å². The maximum atomic E-state index is 13.8. The molecule has 2 amide bonds. The van der Waals surface area contributed by atoms with Crippen LogP contribution in [0.25, 0.3) is 39.7 Å². The number of furan rings is 1. The topological polar surface area (TPSA) is 101 Å². The highest BCUT2D eigenvalue weighted by molar-refractivity contribution is 5.95. The van der Waals surface area contributed by atoms with Crippen molar-refractivity contribution in [3.8, 4) is 33.6 Å². The molecule has 2 aromatic heterocycles. The van der Waals surface area contributed by atoms with Crippen molar-refractivity contribution in [3.63, 3.8) is 0 Å². The number of carbonyl (C=O) groups is 2. The van der Waals surface area contributed by atoms with Crippen molar-refractivity contribution < 1.29 is 27.2 Å². The summed E-state index contributed by atoms with van der Waals surface area (Å²) in [4.78, 5) is 30.8. The number of halogens is 3. The fraction of sp³-hybridized carbons (Fsp3) is 0.162. The quantitative estimate of drug-likeness (QED) is 0.171. The number of alkyl halides is 2. The third-order valence-corrected chi connectivity index (χ3v) is 8.02. The first-order valence-electron chi connectivity index (χ1n) is 15.1. The number of amides is 2. The number of aromatic nitrogens is 1. The van der Waals surface area contributed by atoms with Crippen molar-refractivity contribution in [2.45, 2.75) is 25.3 Å². The maximum Gasteiger partial charge on any atom is 0.253 e. The Hall–Kier alpha value is -5.64. The first-order chi connectivity index (χ1) is 22.6. The molecule has 0 saturated carbocycles. The summed E-state index contributed by atoms with van der Waals surface area (Å²) in [7, 11) is 0. The third kappa shape index (κ3) is 7.61. The number of hydrogen-bond donors (Lipinski definition) is 2. The first kappa shape index (κ1) is 31.3. The number of pyridine rings is 1. The van der Waals surface area contributed by atoms with E-state index >= 15 is 0 Å². The minimum atomic E-state index is -2.73. The summed E-state index contributed by atoms with van der Waals surface area (Å²) in [6.45, 7) is 0.213. The number of likely N-dealkylation sites (tertiary alicyclic amines) is 1. The Balaban J connectivity index is 1.20. The summed E-state index contributed by atoms with van der Waals surface area (Å²) < 4.78 is 47.1. The first-order valence-corrected chi connectivity index (χ1v) is 15.1. The molecule has 238 valence electrons. The second kappa shape index (κ2) is 13.4. The fourth-order valence-electron chi connectivity index (χ4n) is 5.37. The molecule has 3 aromatic carbocycles. The molecule has 7 nitrogen and oxygen atoms in total. The minimum Gasteiger partial charge on any atom is -0.459 e. The van der Waals surface area contributed by atoms with Gasteiger partial charge >= 0.3 is 0 Å². The number of rotatable bonds is 8. The third-order valence-electron chi connectivity index (χ3n) is 8.02. The monoisotopic (exact) mass is 636 g/mol. The SMILES string of the molecule is Nc1ccc(/C=C/C(=O)NCc2ccc(-c3ccc(-c4ccc(C(=O)N5CCC(F)(F)CC5)cc4)cc3-c3ccc(F)cc3)o2)cn1. The number of benzene rings is 3. The van der Waals surface area contributed by atoms with Crippen LogP contribution in [0.15, 0.2) is 108 Å². The van der Waals surface area contributed by atoms with Gasteiger partial charge in [0.15, 0.2) is 0 Å². The molecule has 0 radical (unpaired) electrons. The van der Waals surface area contributed by atoms with Gasteiger partial charge in [-0.3, -0.25) is 9.59 Å². The summed E-state index contributed by atoms with van der Waals surface area (Å²) in [5.74, 6) is -2.15. The Morgan fingerprint density at radius 2 is 1.57 bits per heavy atom. The average Bonchev–Trinajstić information content (AvgIpc) is 3.56. The Bertz CT molecular complexity index is 1910. The summed E-state index contributed by atoms with van der Waals surface area (Å²) in [5, 5.41) is 2.80. The molecule has 0 spiro atoms. The predicted octanol–water partition coefficient (Wildman–Crippen LogP) is 7.60. The Morgan fingerprint density at radius 1 is 0.872 bits per heavy atom. The Kier molecular flexibility index (Phi) is 8.92. The van der Waals surface area contributed by atoms with E-state index in [2.05, 4.69) is 10.3 Å². The van der Waals surface area contributed by atoms with Crippen LogP contribution < -0.4 is 11.1 Å². The van der Waals surface area contributed by atoms with Gasteiger partial charge in [0.05, 0.1) is 6.54 Å². The lowest BCUT2D eigenvalue weighted by atomic mass is 9.93. The highest BCUT2D eigenvalue weighted by atomic mass is 19.3. The van der Waals surface area contributed by atoms with E-state index in [-0.39, 0.29) is 50.1 Å². The summed E-state index contributed by atoms with van der Waals surface area (Å²) in [5.41, 5.74) is 10.8. The molecule has 47 heavy (non-hydrogen) atoms. The largest absolute Gasteiger partial charge is 0.459 e. The van der Waals surface area contributed by atoms with Crippen molar-refractivity contribution >= 4 is 23.7 Å². The molecule has 1 aliphatic rings. The molecule has 1 fully saturated rings. The van der Waals surface area contributed by atoms with Gasteiger partial charge in [0.1, 0.15) is 23.2 Å². The van der Waals surface area contributed by atoms with E-state index in [4.69, 9.17) is 10.2 Å². The van der Waals surface area contributed by atoms with Crippen LogP contribution in [0.2, 0.25) is 0 Å². The fourth-order valence-corrected chi connectivity index (χ4v) is 5.37. The van der Waals surface area contributed by atoms with Crippen molar-refractivity contribution in [2.75, 3.05) is 18.8 Å². The molecule has 0 atom stereocenters. The van der Waals surface area contributed by atoms with Gasteiger partial charge in [-0.2, -0.15) is 0 Å². The summed E-state index contributed by atoms with van der Waals surface area (Å²) in [6, 6.07) is 26.0. The van der Waals surface area contributed by atoms with Crippen LogP contribution in [0.1, 0.15) is 34.5 Å². The van der Waals surface area contributed by atoms with E-state index in [9.17, 15) is 22.8 Å². The van der Waals surface area contributed by atoms with Crippen LogP contribution in [-0.2, 0) is 11.3 Å². The Morgan fingerprint density at radius 3 is 2.28 bits per heavy atom. The zero-order valence-electron chi connectivity index (χ0n) is 25.3. The summed E-state index contributed by atoms with van der Waals surface area (Å²) in [6.07, 6.45) is 3.95. The molecule has 10 heteroatoms. The van der Waals surface area contributed by atoms with Crippen LogP contribution in [0.3, 0.4) is 0 Å². The smallest absolute Gasteiger partial charge is 0.253 e. The summed E-state index contributed by atoms with van der Waals surface area (Å²) >= 11 is 0. The second-order valence-electron chi connectivity index (χ2n) is 11.3. The highest BCUT2D eigenvalue weighted by Crippen LogP contribution is 2.37. The van der Waals surface area contributed by atoms with Gasteiger partial charge in [0, 0.05) is 49.3 Å².